The van der Waals surface area contributed by atoms with Crippen molar-refractivity contribution in [3.63, 3.8) is 0 Å². The van der Waals surface area contributed by atoms with Gasteiger partial charge in [-0.3, -0.25) is 4.79 Å². The first-order valence-electron chi connectivity index (χ1n) is 7.10. The Morgan fingerprint density at radius 3 is 2.29 bits per heavy atom. The van der Waals surface area contributed by atoms with E-state index in [4.69, 9.17) is 14.2 Å². The van der Waals surface area contributed by atoms with E-state index in [1.54, 1.807) is 29.7 Å². The molecule has 1 aromatic carbocycles. The number of aromatic amines is 1. The van der Waals surface area contributed by atoms with Crippen LogP contribution < -0.4 is 19.8 Å². The molecule has 0 aliphatic rings. The van der Waals surface area contributed by atoms with E-state index in [0.717, 1.165) is 5.56 Å². The second-order valence-electron chi connectivity index (χ2n) is 4.89. The molecule has 0 atom stereocenters. The van der Waals surface area contributed by atoms with Gasteiger partial charge in [0.25, 0.3) is 5.56 Å². The van der Waals surface area contributed by atoms with Gasteiger partial charge in [-0.05, 0) is 23.6 Å². The molecule has 0 amide bonds. The highest BCUT2D eigenvalue weighted by Crippen LogP contribution is 2.40. The molecular weight excluding hydrogens is 328 g/mol. The van der Waals surface area contributed by atoms with Crippen LogP contribution in [-0.2, 0) is 0 Å². The van der Waals surface area contributed by atoms with Crippen molar-refractivity contribution in [3.05, 3.63) is 45.5 Å². The van der Waals surface area contributed by atoms with Crippen molar-refractivity contribution in [1.29, 1.82) is 0 Å². The first kappa shape index (κ1) is 16.1. The van der Waals surface area contributed by atoms with E-state index in [-0.39, 0.29) is 11.3 Å². The Bertz CT molecular complexity index is 878. The van der Waals surface area contributed by atoms with Crippen LogP contribution in [0.4, 0.5) is 0 Å². The molecule has 0 unspecified atom stereocenters. The Labute approximate surface area is 142 Å². The summed E-state index contributed by atoms with van der Waals surface area (Å²) >= 11 is 1.57. The van der Waals surface area contributed by atoms with Gasteiger partial charge in [0.2, 0.25) is 5.75 Å². The summed E-state index contributed by atoms with van der Waals surface area (Å²) in [5.74, 6) is 1.40. The maximum Gasteiger partial charge on any atom is 0.274 e. The normalized spacial score (nSPS) is 10.5. The SMILES string of the molecule is COc1cc(-c2nc(-c3ccsc3)c[nH]c2=O)cc(OC)c1OC. The standard InChI is InChI=1S/C17H16N2O4S/c1-21-13-6-11(7-14(22-2)16(13)23-3)15-17(20)18-8-12(19-15)10-4-5-24-9-10/h4-9H,1-3H3,(H,18,20). The summed E-state index contributed by atoms with van der Waals surface area (Å²) in [5.41, 5.74) is 2.23. The zero-order valence-electron chi connectivity index (χ0n) is 13.5. The van der Waals surface area contributed by atoms with Crippen molar-refractivity contribution in [2.75, 3.05) is 21.3 Å². The second kappa shape index (κ2) is 6.76. The Morgan fingerprint density at radius 1 is 1.04 bits per heavy atom. The van der Waals surface area contributed by atoms with E-state index < -0.39 is 0 Å². The van der Waals surface area contributed by atoms with Crippen LogP contribution in [0.1, 0.15) is 0 Å². The molecular formula is C17H16N2O4S. The number of rotatable bonds is 5. The van der Waals surface area contributed by atoms with Crippen LogP contribution in [0, 0.1) is 0 Å². The summed E-state index contributed by atoms with van der Waals surface area (Å²) in [5, 5.41) is 3.93. The molecule has 124 valence electrons. The minimum atomic E-state index is -0.289. The van der Waals surface area contributed by atoms with E-state index in [2.05, 4.69) is 9.97 Å². The maximum absolute atomic E-state index is 12.3. The van der Waals surface area contributed by atoms with Crippen LogP contribution in [0.5, 0.6) is 17.2 Å². The molecule has 0 aliphatic heterocycles. The van der Waals surface area contributed by atoms with E-state index in [9.17, 15) is 4.79 Å². The first-order chi connectivity index (χ1) is 11.7. The number of nitrogens with zero attached hydrogens (tertiary/aromatic N) is 1. The Hall–Kier alpha value is -2.80. The number of hydrogen-bond donors (Lipinski definition) is 1. The Balaban J connectivity index is 2.18. The minimum Gasteiger partial charge on any atom is -0.493 e. The molecule has 1 N–H and O–H groups in total. The van der Waals surface area contributed by atoms with Crippen molar-refractivity contribution in [1.82, 2.24) is 9.97 Å². The molecule has 0 aliphatic carbocycles. The molecule has 0 fully saturated rings. The van der Waals surface area contributed by atoms with Crippen LogP contribution in [-0.4, -0.2) is 31.3 Å². The van der Waals surface area contributed by atoms with Crippen molar-refractivity contribution in [2.24, 2.45) is 0 Å². The number of methoxy groups -OCH3 is 3. The third kappa shape index (κ3) is 2.85. The fourth-order valence-electron chi connectivity index (χ4n) is 2.38. The molecule has 24 heavy (non-hydrogen) atoms. The Morgan fingerprint density at radius 2 is 1.75 bits per heavy atom. The predicted molar refractivity (Wildman–Crippen MR) is 93.3 cm³/mol. The van der Waals surface area contributed by atoms with Crippen LogP contribution in [0.3, 0.4) is 0 Å². The van der Waals surface area contributed by atoms with Gasteiger partial charge in [-0.1, -0.05) is 0 Å². The van der Waals surface area contributed by atoms with Gasteiger partial charge in [-0.2, -0.15) is 11.3 Å². The van der Waals surface area contributed by atoms with Gasteiger partial charge >= 0.3 is 0 Å². The third-order valence-electron chi connectivity index (χ3n) is 3.54. The lowest BCUT2D eigenvalue weighted by Gasteiger charge is -2.13. The largest absolute Gasteiger partial charge is 0.493 e. The van der Waals surface area contributed by atoms with Crippen molar-refractivity contribution >= 4 is 11.3 Å². The zero-order chi connectivity index (χ0) is 17.1. The average molecular weight is 344 g/mol. The van der Waals surface area contributed by atoms with Crippen molar-refractivity contribution in [3.8, 4) is 39.8 Å². The molecule has 2 aromatic heterocycles. The highest BCUT2D eigenvalue weighted by molar-refractivity contribution is 7.08. The fourth-order valence-corrected chi connectivity index (χ4v) is 3.03. The summed E-state index contributed by atoms with van der Waals surface area (Å²) in [6, 6.07) is 5.36. The predicted octanol–water partition coefficient (Wildman–Crippen LogP) is 3.19. The molecule has 3 aromatic rings. The number of aromatic nitrogens is 2. The molecule has 0 saturated carbocycles. The lowest BCUT2D eigenvalue weighted by atomic mass is 10.1. The number of hydrogen-bond acceptors (Lipinski definition) is 6. The fraction of sp³-hybridized carbons (Fsp3) is 0.176. The summed E-state index contributed by atoms with van der Waals surface area (Å²) in [6.45, 7) is 0. The summed E-state index contributed by atoms with van der Waals surface area (Å²) in [6.07, 6.45) is 1.60. The third-order valence-corrected chi connectivity index (χ3v) is 4.23. The highest BCUT2D eigenvalue weighted by Gasteiger charge is 2.17. The van der Waals surface area contributed by atoms with Crippen molar-refractivity contribution in [2.45, 2.75) is 0 Å². The smallest absolute Gasteiger partial charge is 0.274 e. The number of ether oxygens (including phenoxy) is 3. The zero-order valence-corrected chi connectivity index (χ0v) is 14.3. The van der Waals surface area contributed by atoms with Crippen molar-refractivity contribution < 1.29 is 14.2 Å². The van der Waals surface area contributed by atoms with Gasteiger partial charge < -0.3 is 19.2 Å². The number of nitrogens with one attached hydrogen (secondary N) is 1. The van der Waals surface area contributed by atoms with Gasteiger partial charge in [-0.15, -0.1) is 0 Å². The van der Waals surface area contributed by atoms with Crippen LogP contribution in [0.15, 0.2) is 40.0 Å². The highest BCUT2D eigenvalue weighted by atomic mass is 32.1. The summed E-state index contributed by atoms with van der Waals surface area (Å²) in [7, 11) is 4.59. The minimum absolute atomic E-state index is 0.289. The Kier molecular flexibility index (Phi) is 4.52. The monoisotopic (exact) mass is 344 g/mol. The maximum atomic E-state index is 12.3. The second-order valence-corrected chi connectivity index (χ2v) is 5.67. The van der Waals surface area contributed by atoms with Crippen LogP contribution in [0.2, 0.25) is 0 Å². The van der Waals surface area contributed by atoms with E-state index in [1.165, 1.54) is 21.3 Å². The van der Waals surface area contributed by atoms with Gasteiger partial charge in [0.15, 0.2) is 11.5 Å². The van der Waals surface area contributed by atoms with Gasteiger partial charge in [0.05, 0.1) is 27.0 Å². The van der Waals surface area contributed by atoms with E-state index in [1.807, 2.05) is 16.8 Å². The lowest BCUT2D eigenvalue weighted by molar-refractivity contribution is 0.324. The van der Waals surface area contributed by atoms with Gasteiger partial charge in [0, 0.05) is 22.7 Å². The van der Waals surface area contributed by atoms with Crippen LogP contribution >= 0.6 is 11.3 Å². The first-order valence-corrected chi connectivity index (χ1v) is 8.05. The quantitative estimate of drug-likeness (QED) is 0.769. The molecule has 0 bridgehead atoms. The van der Waals surface area contributed by atoms with Gasteiger partial charge in [0.1, 0.15) is 5.69 Å². The number of benzene rings is 1. The number of H-pyrrole nitrogens is 1. The molecule has 0 radical (unpaired) electrons. The molecule has 6 nitrogen and oxygen atoms in total. The average Bonchev–Trinajstić information content (AvgIpc) is 3.15. The molecule has 3 rings (SSSR count). The lowest BCUT2D eigenvalue weighted by Crippen LogP contribution is -2.11. The number of thiophene rings is 1. The molecule has 7 heteroatoms. The van der Waals surface area contributed by atoms with E-state index in [0.29, 0.717) is 28.5 Å². The summed E-state index contributed by atoms with van der Waals surface area (Å²) in [4.78, 5) is 19.5. The molecule has 0 spiro atoms. The topological polar surface area (TPSA) is 73.4 Å². The summed E-state index contributed by atoms with van der Waals surface area (Å²) < 4.78 is 16.0. The van der Waals surface area contributed by atoms with Gasteiger partial charge in [-0.25, -0.2) is 4.98 Å². The molecule has 2 heterocycles. The van der Waals surface area contributed by atoms with E-state index >= 15 is 0 Å². The molecule has 0 saturated heterocycles. The van der Waals surface area contributed by atoms with Crippen LogP contribution in [0.25, 0.3) is 22.5 Å².